The van der Waals surface area contributed by atoms with Crippen molar-refractivity contribution in [1.29, 1.82) is 0 Å². The van der Waals surface area contributed by atoms with Crippen molar-refractivity contribution in [2.75, 3.05) is 7.11 Å². The van der Waals surface area contributed by atoms with Crippen molar-refractivity contribution in [2.24, 2.45) is 0 Å². The Balaban J connectivity index is 2.33. The van der Waals surface area contributed by atoms with Gasteiger partial charge in [0, 0.05) is 32.7 Å². The molecule has 1 aromatic rings. The Hall–Kier alpha value is -1.16. The van der Waals surface area contributed by atoms with E-state index in [9.17, 15) is 4.79 Å². The van der Waals surface area contributed by atoms with E-state index in [1.54, 1.807) is 13.3 Å². The molecule has 0 fully saturated rings. The molecule has 0 aliphatic heterocycles. The topological polar surface area (TPSA) is 44.1 Å². The van der Waals surface area contributed by atoms with Crippen LogP contribution in [0.3, 0.4) is 0 Å². The van der Waals surface area contributed by atoms with E-state index in [4.69, 9.17) is 4.74 Å². The van der Waals surface area contributed by atoms with Gasteiger partial charge in [0.25, 0.3) is 0 Å². The first-order valence-electron chi connectivity index (χ1n) is 5.71. The third kappa shape index (κ3) is 4.14. The van der Waals surface area contributed by atoms with E-state index in [1.165, 1.54) is 0 Å². The fraction of sp³-hybridized carbons (Fsp3) is 0.667. The fourth-order valence-electron chi connectivity index (χ4n) is 1.47. The molecule has 0 aromatic carbocycles. The van der Waals surface area contributed by atoms with E-state index < -0.39 is 0 Å². The predicted molar refractivity (Wildman–Crippen MR) is 62.3 cm³/mol. The van der Waals surface area contributed by atoms with Gasteiger partial charge in [-0.3, -0.25) is 9.48 Å². The van der Waals surface area contributed by atoms with E-state index in [2.05, 4.69) is 5.10 Å². The predicted octanol–water partition coefficient (Wildman–Crippen LogP) is 1.83. The van der Waals surface area contributed by atoms with Gasteiger partial charge in [0.15, 0.2) is 0 Å². The summed E-state index contributed by atoms with van der Waals surface area (Å²) < 4.78 is 6.94. The highest BCUT2D eigenvalue weighted by atomic mass is 16.5. The summed E-state index contributed by atoms with van der Waals surface area (Å²) in [6, 6.07) is 0. The maximum atomic E-state index is 11.6. The smallest absolute Gasteiger partial charge is 0.137 e. The van der Waals surface area contributed by atoms with Gasteiger partial charge < -0.3 is 4.74 Å². The van der Waals surface area contributed by atoms with Crippen LogP contribution in [0.1, 0.15) is 32.3 Å². The lowest BCUT2D eigenvalue weighted by atomic mass is 10.1. The van der Waals surface area contributed by atoms with Crippen LogP contribution in [-0.2, 0) is 22.5 Å². The lowest BCUT2D eigenvalue weighted by Crippen LogP contribution is -2.09. The molecule has 1 unspecified atom stereocenters. The van der Waals surface area contributed by atoms with Gasteiger partial charge in [-0.1, -0.05) is 0 Å². The molecule has 1 atom stereocenters. The molecule has 0 aliphatic carbocycles. The molecule has 0 aliphatic rings. The summed E-state index contributed by atoms with van der Waals surface area (Å²) >= 11 is 0. The highest BCUT2D eigenvalue weighted by Gasteiger charge is 2.08. The lowest BCUT2D eigenvalue weighted by Gasteiger charge is -2.07. The average Bonchev–Trinajstić information content (AvgIpc) is 2.73. The van der Waals surface area contributed by atoms with Gasteiger partial charge in [0.1, 0.15) is 5.78 Å². The average molecular weight is 224 g/mol. The number of aryl methyl sites for hydroxylation is 1. The Labute approximate surface area is 96.6 Å². The van der Waals surface area contributed by atoms with Crippen LogP contribution in [0.15, 0.2) is 12.4 Å². The molecule has 0 N–H and O–H groups in total. The Kier molecular flexibility index (Phi) is 5.19. The van der Waals surface area contributed by atoms with E-state index in [0.717, 1.165) is 18.5 Å². The number of aromatic nitrogens is 2. The van der Waals surface area contributed by atoms with Crippen molar-refractivity contribution in [2.45, 2.75) is 45.8 Å². The molecular weight excluding hydrogens is 204 g/mol. The Morgan fingerprint density at radius 1 is 1.62 bits per heavy atom. The molecule has 4 heteroatoms. The number of ketones is 1. The third-order valence-electron chi connectivity index (χ3n) is 2.64. The highest BCUT2D eigenvalue weighted by Crippen LogP contribution is 2.06. The van der Waals surface area contributed by atoms with Gasteiger partial charge in [0.05, 0.1) is 12.3 Å². The summed E-state index contributed by atoms with van der Waals surface area (Å²) in [5.41, 5.74) is 0.997. The van der Waals surface area contributed by atoms with Crippen molar-refractivity contribution in [3.63, 3.8) is 0 Å². The lowest BCUT2D eigenvalue weighted by molar-refractivity contribution is -0.119. The fourth-order valence-corrected chi connectivity index (χ4v) is 1.47. The SMILES string of the molecule is CCn1cc(CC(=O)CCC(C)OC)cn1. The summed E-state index contributed by atoms with van der Waals surface area (Å²) in [5, 5.41) is 4.14. The van der Waals surface area contributed by atoms with Gasteiger partial charge in [-0.25, -0.2) is 0 Å². The number of carbonyl (C=O) groups excluding carboxylic acids is 1. The van der Waals surface area contributed by atoms with Gasteiger partial charge >= 0.3 is 0 Å². The molecule has 0 saturated carbocycles. The summed E-state index contributed by atoms with van der Waals surface area (Å²) in [7, 11) is 1.67. The first kappa shape index (κ1) is 12.9. The minimum Gasteiger partial charge on any atom is -0.382 e. The third-order valence-corrected chi connectivity index (χ3v) is 2.64. The zero-order valence-electron chi connectivity index (χ0n) is 10.3. The van der Waals surface area contributed by atoms with Crippen LogP contribution in [-0.4, -0.2) is 28.8 Å². The number of methoxy groups -OCH3 is 1. The summed E-state index contributed by atoms with van der Waals surface area (Å²) in [6.45, 7) is 4.84. The number of ether oxygens (including phenoxy) is 1. The summed E-state index contributed by atoms with van der Waals surface area (Å²) in [4.78, 5) is 11.6. The standard InChI is InChI=1S/C12H20N2O2/c1-4-14-9-11(8-13-14)7-12(15)6-5-10(2)16-3/h8-10H,4-7H2,1-3H3. The maximum absolute atomic E-state index is 11.6. The summed E-state index contributed by atoms with van der Waals surface area (Å²) in [5.74, 6) is 0.250. The molecule has 4 nitrogen and oxygen atoms in total. The Bertz CT molecular complexity index is 334. The number of Topliss-reactive ketones (excluding diaryl/α,β-unsaturated/α-hetero) is 1. The molecule has 90 valence electrons. The Morgan fingerprint density at radius 2 is 2.38 bits per heavy atom. The molecule has 1 rings (SSSR count). The van der Waals surface area contributed by atoms with E-state index in [0.29, 0.717) is 12.8 Å². The zero-order chi connectivity index (χ0) is 12.0. The van der Waals surface area contributed by atoms with Crippen molar-refractivity contribution in [3.8, 4) is 0 Å². The van der Waals surface area contributed by atoms with Crippen LogP contribution in [0.5, 0.6) is 0 Å². The highest BCUT2D eigenvalue weighted by molar-refractivity contribution is 5.80. The van der Waals surface area contributed by atoms with Crippen molar-refractivity contribution in [3.05, 3.63) is 18.0 Å². The van der Waals surface area contributed by atoms with Crippen LogP contribution in [0.4, 0.5) is 0 Å². The van der Waals surface area contributed by atoms with Crippen molar-refractivity contribution in [1.82, 2.24) is 9.78 Å². The number of nitrogens with zero attached hydrogens (tertiary/aromatic N) is 2. The Morgan fingerprint density at radius 3 is 2.94 bits per heavy atom. The normalized spacial score (nSPS) is 12.7. The van der Waals surface area contributed by atoms with Gasteiger partial charge in [-0.05, 0) is 25.8 Å². The maximum Gasteiger partial charge on any atom is 0.137 e. The largest absolute Gasteiger partial charge is 0.382 e. The second-order valence-electron chi connectivity index (χ2n) is 4.00. The molecule has 0 bridgehead atoms. The molecule has 0 amide bonds. The molecule has 0 saturated heterocycles. The van der Waals surface area contributed by atoms with E-state index >= 15 is 0 Å². The van der Waals surface area contributed by atoms with Gasteiger partial charge in [-0.15, -0.1) is 0 Å². The molecule has 0 spiro atoms. The van der Waals surface area contributed by atoms with Crippen molar-refractivity contribution >= 4 is 5.78 Å². The van der Waals surface area contributed by atoms with Crippen LogP contribution in [0.2, 0.25) is 0 Å². The van der Waals surface area contributed by atoms with Crippen molar-refractivity contribution < 1.29 is 9.53 Å². The molecular formula is C12H20N2O2. The number of hydrogen-bond donors (Lipinski definition) is 0. The van der Waals surface area contributed by atoms with Crippen LogP contribution < -0.4 is 0 Å². The van der Waals surface area contributed by atoms with Gasteiger partial charge in [-0.2, -0.15) is 5.10 Å². The summed E-state index contributed by atoms with van der Waals surface area (Å²) in [6.07, 6.45) is 5.70. The second-order valence-corrected chi connectivity index (χ2v) is 4.00. The first-order chi connectivity index (χ1) is 7.65. The molecule has 1 aromatic heterocycles. The number of hydrogen-bond acceptors (Lipinski definition) is 3. The van der Waals surface area contributed by atoms with Crippen LogP contribution in [0, 0.1) is 0 Å². The first-order valence-corrected chi connectivity index (χ1v) is 5.71. The van der Waals surface area contributed by atoms with Gasteiger partial charge in [0.2, 0.25) is 0 Å². The quantitative estimate of drug-likeness (QED) is 0.709. The number of rotatable bonds is 7. The zero-order valence-corrected chi connectivity index (χ0v) is 10.3. The second kappa shape index (κ2) is 6.43. The molecule has 1 heterocycles. The van der Waals surface area contributed by atoms with E-state index in [-0.39, 0.29) is 11.9 Å². The minimum atomic E-state index is 0.155. The monoisotopic (exact) mass is 224 g/mol. The minimum absolute atomic E-state index is 0.155. The van der Waals surface area contributed by atoms with E-state index in [1.807, 2.05) is 24.7 Å². The van der Waals surface area contributed by atoms with Crippen LogP contribution >= 0.6 is 0 Å². The number of carbonyl (C=O) groups is 1. The van der Waals surface area contributed by atoms with Crippen LogP contribution in [0.25, 0.3) is 0 Å². The molecule has 16 heavy (non-hydrogen) atoms. The molecule has 0 radical (unpaired) electrons.